The number of hydrogen-bond acceptors (Lipinski definition) is 4. The number of amides is 1. The van der Waals surface area contributed by atoms with Crippen LogP contribution in [0.25, 0.3) is 0 Å². The molecule has 2 heterocycles. The van der Waals surface area contributed by atoms with E-state index >= 15 is 0 Å². The third kappa shape index (κ3) is 2.91. The van der Waals surface area contributed by atoms with Crippen LogP contribution in [0.1, 0.15) is 23.8 Å². The Labute approximate surface area is 98.4 Å². The highest BCUT2D eigenvalue weighted by molar-refractivity contribution is 5.91. The van der Waals surface area contributed by atoms with Crippen LogP contribution in [0.2, 0.25) is 0 Å². The molecule has 0 radical (unpaired) electrons. The Morgan fingerprint density at radius 1 is 1.65 bits per heavy atom. The maximum absolute atomic E-state index is 11.7. The molecule has 1 fully saturated rings. The summed E-state index contributed by atoms with van der Waals surface area (Å²) in [6.45, 7) is 3.32. The van der Waals surface area contributed by atoms with Crippen molar-refractivity contribution in [3.05, 3.63) is 28.2 Å². The normalized spacial score (nSPS) is 23.6. The highest BCUT2D eigenvalue weighted by Crippen LogP contribution is 2.19. The minimum Gasteiger partial charge on any atom is -0.378 e. The van der Waals surface area contributed by atoms with Gasteiger partial charge in [0.2, 0.25) is 0 Å². The Hall–Kier alpha value is -1.69. The van der Waals surface area contributed by atoms with Crippen LogP contribution < -0.4 is 10.9 Å². The first-order valence-electron chi connectivity index (χ1n) is 5.62. The number of aromatic nitrogens is 2. The van der Waals surface area contributed by atoms with Crippen molar-refractivity contribution in [3.63, 3.8) is 0 Å². The Morgan fingerprint density at radius 2 is 2.47 bits per heavy atom. The van der Waals surface area contributed by atoms with Gasteiger partial charge in [-0.1, -0.05) is 0 Å². The Balaban J connectivity index is 1.89. The second-order valence-electron chi connectivity index (χ2n) is 4.14. The zero-order valence-corrected chi connectivity index (χ0v) is 9.60. The zero-order valence-electron chi connectivity index (χ0n) is 9.60. The van der Waals surface area contributed by atoms with Gasteiger partial charge in [0.25, 0.3) is 11.5 Å². The molecule has 2 unspecified atom stereocenters. The highest BCUT2D eigenvalue weighted by Gasteiger charge is 2.24. The summed E-state index contributed by atoms with van der Waals surface area (Å²) in [5.41, 5.74) is -0.101. The number of nitrogens with one attached hydrogen (secondary N) is 2. The summed E-state index contributed by atoms with van der Waals surface area (Å²) in [6, 6.07) is 2.69. The summed E-state index contributed by atoms with van der Waals surface area (Å²) in [4.78, 5) is 22.5. The minimum absolute atomic E-state index is 0.179. The van der Waals surface area contributed by atoms with Crippen LogP contribution in [0.5, 0.6) is 0 Å². The molecular weight excluding hydrogens is 222 g/mol. The number of nitrogens with zero attached hydrogens (tertiary/aromatic N) is 1. The third-order valence-electron chi connectivity index (χ3n) is 2.97. The average molecular weight is 237 g/mol. The van der Waals surface area contributed by atoms with Crippen LogP contribution in [0.3, 0.4) is 0 Å². The van der Waals surface area contributed by atoms with Gasteiger partial charge in [0.1, 0.15) is 5.69 Å². The second-order valence-corrected chi connectivity index (χ2v) is 4.14. The topological polar surface area (TPSA) is 84.1 Å². The Bertz CT molecular complexity index is 437. The van der Waals surface area contributed by atoms with E-state index in [1.54, 1.807) is 0 Å². The van der Waals surface area contributed by atoms with Crippen molar-refractivity contribution in [2.75, 3.05) is 13.2 Å². The number of aromatic amines is 1. The molecule has 17 heavy (non-hydrogen) atoms. The maximum Gasteiger partial charge on any atom is 0.271 e. The van der Waals surface area contributed by atoms with Crippen molar-refractivity contribution in [2.24, 2.45) is 5.92 Å². The van der Waals surface area contributed by atoms with E-state index < -0.39 is 0 Å². The van der Waals surface area contributed by atoms with Crippen molar-refractivity contribution in [3.8, 4) is 0 Å². The molecule has 6 heteroatoms. The van der Waals surface area contributed by atoms with Crippen molar-refractivity contribution in [1.29, 1.82) is 0 Å². The first-order valence-corrected chi connectivity index (χ1v) is 5.62. The van der Waals surface area contributed by atoms with Gasteiger partial charge in [-0.25, -0.2) is 5.10 Å². The molecule has 0 aliphatic carbocycles. The minimum atomic E-state index is -0.320. The van der Waals surface area contributed by atoms with Crippen LogP contribution in [0.15, 0.2) is 16.9 Å². The molecule has 0 saturated carbocycles. The summed E-state index contributed by atoms with van der Waals surface area (Å²) in [5, 5.41) is 8.68. The van der Waals surface area contributed by atoms with Crippen molar-refractivity contribution in [2.45, 2.75) is 19.4 Å². The average Bonchev–Trinajstić information content (AvgIpc) is 2.73. The molecular formula is C11H15N3O3. The van der Waals surface area contributed by atoms with Gasteiger partial charge in [-0.3, -0.25) is 9.59 Å². The van der Waals surface area contributed by atoms with Gasteiger partial charge in [0.15, 0.2) is 0 Å². The highest BCUT2D eigenvalue weighted by atomic mass is 16.5. The second kappa shape index (κ2) is 5.09. The summed E-state index contributed by atoms with van der Waals surface area (Å²) in [6.07, 6.45) is 1.14. The maximum atomic E-state index is 11.7. The SMILES string of the molecule is CC1OCCC1CNC(=O)c1ccc(=O)[nH]n1. The van der Waals surface area contributed by atoms with Crippen LogP contribution >= 0.6 is 0 Å². The van der Waals surface area contributed by atoms with E-state index in [-0.39, 0.29) is 23.3 Å². The molecule has 92 valence electrons. The van der Waals surface area contributed by atoms with E-state index in [1.807, 2.05) is 6.92 Å². The van der Waals surface area contributed by atoms with Gasteiger partial charge in [0.05, 0.1) is 6.10 Å². The summed E-state index contributed by atoms with van der Waals surface area (Å²) in [5.74, 6) is 0.0714. The lowest BCUT2D eigenvalue weighted by atomic mass is 10.0. The molecule has 1 saturated heterocycles. The van der Waals surface area contributed by atoms with Gasteiger partial charge in [-0.05, 0) is 19.4 Å². The molecule has 1 aromatic heterocycles. The molecule has 1 aliphatic heterocycles. The van der Waals surface area contributed by atoms with Gasteiger partial charge >= 0.3 is 0 Å². The van der Waals surface area contributed by atoms with Crippen molar-refractivity contribution >= 4 is 5.91 Å². The predicted molar refractivity (Wildman–Crippen MR) is 60.7 cm³/mol. The van der Waals surface area contributed by atoms with Gasteiger partial charge in [-0.2, -0.15) is 5.10 Å². The smallest absolute Gasteiger partial charge is 0.271 e. The monoisotopic (exact) mass is 237 g/mol. The van der Waals surface area contributed by atoms with E-state index in [0.717, 1.165) is 13.0 Å². The molecule has 2 atom stereocenters. The van der Waals surface area contributed by atoms with Crippen LogP contribution in [0, 0.1) is 5.92 Å². The quantitative estimate of drug-likeness (QED) is 0.770. The van der Waals surface area contributed by atoms with E-state index in [4.69, 9.17) is 4.74 Å². The van der Waals surface area contributed by atoms with Crippen LogP contribution in [0.4, 0.5) is 0 Å². The molecule has 0 spiro atoms. The summed E-state index contributed by atoms with van der Waals surface area (Å²) >= 11 is 0. The zero-order chi connectivity index (χ0) is 12.3. The lowest BCUT2D eigenvalue weighted by Gasteiger charge is -2.14. The van der Waals surface area contributed by atoms with Crippen LogP contribution in [-0.2, 0) is 4.74 Å². The van der Waals surface area contributed by atoms with E-state index in [1.165, 1.54) is 12.1 Å². The number of rotatable bonds is 3. The van der Waals surface area contributed by atoms with Gasteiger partial charge in [-0.15, -0.1) is 0 Å². The number of carbonyl (C=O) groups excluding carboxylic acids is 1. The third-order valence-corrected chi connectivity index (χ3v) is 2.97. The standard InChI is InChI=1S/C11H15N3O3/c1-7-8(4-5-17-7)6-12-11(16)9-2-3-10(15)14-13-9/h2-3,7-8H,4-6H2,1H3,(H,12,16)(H,14,15). The van der Waals surface area contributed by atoms with Crippen molar-refractivity contribution in [1.82, 2.24) is 15.5 Å². The fourth-order valence-electron chi connectivity index (χ4n) is 1.83. The first-order chi connectivity index (χ1) is 8.16. The molecule has 6 nitrogen and oxygen atoms in total. The molecule has 1 amide bonds. The lowest BCUT2D eigenvalue weighted by Crippen LogP contribution is -2.32. The summed E-state index contributed by atoms with van der Waals surface area (Å²) < 4.78 is 5.40. The van der Waals surface area contributed by atoms with Crippen molar-refractivity contribution < 1.29 is 9.53 Å². The molecule has 1 aliphatic rings. The first kappa shape index (κ1) is 11.8. The summed E-state index contributed by atoms with van der Waals surface area (Å²) in [7, 11) is 0. The Morgan fingerprint density at radius 3 is 3.06 bits per heavy atom. The number of hydrogen-bond donors (Lipinski definition) is 2. The van der Waals surface area contributed by atoms with E-state index in [0.29, 0.717) is 12.5 Å². The largest absolute Gasteiger partial charge is 0.378 e. The molecule has 1 aromatic rings. The fourth-order valence-corrected chi connectivity index (χ4v) is 1.83. The molecule has 0 aromatic carbocycles. The molecule has 2 N–H and O–H groups in total. The number of carbonyl (C=O) groups is 1. The van der Waals surface area contributed by atoms with Crippen LogP contribution in [-0.4, -0.2) is 35.4 Å². The predicted octanol–water partition coefficient (Wildman–Crippen LogP) is -0.0753. The fraction of sp³-hybridized carbons (Fsp3) is 0.545. The molecule has 0 bridgehead atoms. The number of ether oxygens (including phenoxy) is 1. The van der Waals surface area contributed by atoms with Gasteiger partial charge < -0.3 is 10.1 Å². The van der Waals surface area contributed by atoms with E-state index in [9.17, 15) is 9.59 Å². The Kier molecular flexibility index (Phi) is 3.53. The van der Waals surface area contributed by atoms with E-state index in [2.05, 4.69) is 15.5 Å². The lowest BCUT2D eigenvalue weighted by molar-refractivity contribution is 0.0902. The van der Waals surface area contributed by atoms with Gasteiger partial charge in [0, 0.05) is 25.1 Å². The number of H-pyrrole nitrogens is 1. The molecule has 2 rings (SSSR count).